The Labute approximate surface area is 240 Å². The van der Waals surface area contributed by atoms with Crippen LogP contribution >= 0.6 is 11.6 Å². The first-order chi connectivity index (χ1) is 19.9. The number of aromatic nitrogens is 2. The molecule has 0 amide bonds. The lowest BCUT2D eigenvalue weighted by Gasteiger charge is -2.15. The van der Waals surface area contributed by atoms with Crippen LogP contribution in [0, 0.1) is 5.82 Å². The highest BCUT2D eigenvalue weighted by Crippen LogP contribution is 2.36. The van der Waals surface area contributed by atoms with Crippen molar-refractivity contribution in [3.63, 3.8) is 0 Å². The van der Waals surface area contributed by atoms with Crippen LogP contribution in [0.25, 0.3) is 11.3 Å². The van der Waals surface area contributed by atoms with E-state index in [0.717, 1.165) is 17.5 Å². The molecule has 2 aliphatic heterocycles. The number of nitrogens with one attached hydrogen (secondary N) is 1. The number of halogens is 2. The highest BCUT2D eigenvalue weighted by molar-refractivity contribution is 6.31. The fourth-order valence-electron chi connectivity index (χ4n) is 4.93. The fraction of sp³-hybridized carbons (Fsp3) is 0.200. The van der Waals surface area contributed by atoms with Gasteiger partial charge in [-0.3, -0.25) is 4.99 Å². The van der Waals surface area contributed by atoms with Crippen molar-refractivity contribution in [3.05, 3.63) is 100.0 Å². The van der Waals surface area contributed by atoms with Crippen molar-refractivity contribution in [2.24, 2.45) is 10.7 Å². The summed E-state index contributed by atoms with van der Waals surface area (Å²) in [6.07, 6.45) is 2.49. The normalized spacial score (nSPS) is 16.3. The van der Waals surface area contributed by atoms with Gasteiger partial charge < -0.3 is 20.6 Å². The number of benzene rings is 3. The average Bonchev–Trinajstić information content (AvgIpc) is 3.31. The summed E-state index contributed by atoms with van der Waals surface area (Å²) in [7, 11) is 1.49. The lowest BCUT2D eigenvalue weighted by molar-refractivity contribution is -0.0935. The number of anilines is 2. The molecule has 0 radical (unpaired) electrons. The number of fused-ring (bicyclic) bond motifs is 3. The first-order valence-corrected chi connectivity index (χ1v) is 13.4. The van der Waals surface area contributed by atoms with Gasteiger partial charge in [0.25, 0.3) is 0 Å². The van der Waals surface area contributed by atoms with Crippen molar-refractivity contribution in [2.45, 2.75) is 19.0 Å². The molecule has 3 heterocycles. The number of methoxy groups -OCH3 is 1. The highest BCUT2D eigenvalue weighted by atomic mass is 35.5. The van der Waals surface area contributed by atoms with Crippen molar-refractivity contribution in [1.29, 1.82) is 0 Å². The largest absolute Gasteiger partial charge is 0.496 e. The summed E-state index contributed by atoms with van der Waals surface area (Å²) in [4.78, 5) is 31.9. The smallest absolute Gasteiger partial charge is 0.357 e. The zero-order valence-electron chi connectivity index (χ0n) is 22.1. The van der Waals surface area contributed by atoms with Gasteiger partial charge in [-0.2, -0.15) is 0 Å². The molecule has 2 aliphatic rings. The number of hydrogen-bond donors (Lipinski definition) is 2. The Morgan fingerprint density at radius 3 is 2.73 bits per heavy atom. The molecule has 1 unspecified atom stereocenters. The number of carbonyl (C=O) groups excluding carboxylic acids is 1. The molecule has 9 nitrogen and oxygen atoms in total. The Bertz CT molecular complexity index is 1660. The third kappa shape index (κ3) is 5.49. The van der Waals surface area contributed by atoms with Gasteiger partial charge in [-0.25, -0.2) is 19.2 Å². The zero-order chi connectivity index (χ0) is 28.5. The third-order valence-electron chi connectivity index (χ3n) is 6.97. The lowest BCUT2D eigenvalue weighted by atomic mass is 9.94. The van der Waals surface area contributed by atoms with Crippen LogP contribution in [0.4, 0.5) is 16.0 Å². The monoisotopic (exact) mass is 572 g/mol. The number of rotatable bonds is 6. The molecule has 1 aromatic heterocycles. The van der Waals surface area contributed by atoms with Gasteiger partial charge in [-0.1, -0.05) is 23.7 Å². The van der Waals surface area contributed by atoms with Gasteiger partial charge >= 0.3 is 5.97 Å². The van der Waals surface area contributed by atoms with Gasteiger partial charge in [0.05, 0.1) is 42.7 Å². The van der Waals surface area contributed by atoms with E-state index in [0.29, 0.717) is 58.0 Å². The molecule has 3 N–H and O–H groups in total. The number of carbonyl (C=O) groups is 1. The van der Waals surface area contributed by atoms with Crippen LogP contribution in [0.15, 0.2) is 71.9 Å². The predicted molar refractivity (Wildman–Crippen MR) is 154 cm³/mol. The van der Waals surface area contributed by atoms with Crippen molar-refractivity contribution >= 4 is 34.9 Å². The summed E-state index contributed by atoms with van der Waals surface area (Å²) in [5.74, 6) is -0.183. The van der Waals surface area contributed by atoms with Crippen LogP contribution in [0.3, 0.4) is 0 Å². The Morgan fingerprint density at radius 1 is 1.15 bits per heavy atom. The molecule has 0 bridgehead atoms. The Kier molecular flexibility index (Phi) is 7.36. The van der Waals surface area contributed by atoms with Crippen molar-refractivity contribution in [1.82, 2.24) is 15.0 Å². The van der Waals surface area contributed by atoms with E-state index >= 15 is 4.39 Å². The molecule has 41 heavy (non-hydrogen) atoms. The van der Waals surface area contributed by atoms with E-state index < -0.39 is 11.8 Å². The average molecular weight is 573 g/mol. The van der Waals surface area contributed by atoms with Crippen LogP contribution in [0.2, 0.25) is 5.02 Å². The van der Waals surface area contributed by atoms with Crippen LogP contribution < -0.4 is 15.8 Å². The van der Waals surface area contributed by atoms with E-state index in [1.54, 1.807) is 59.8 Å². The predicted octanol–water partition coefficient (Wildman–Crippen LogP) is 5.14. The second-order valence-electron chi connectivity index (χ2n) is 9.76. The summed E-state index contributed by atoms with van der Waals surface area (Å²) < 4.78 is 20.6. The minimum Gasteiger partial charge on any atom is -0.496 e. The van der Waals surface area contributed by atoms with Gasteiger partial charge in [0.15, 0.2) is 0 Å². The van der Waals surface area contributed by atoms with Gasteiger partial charge in [0.2, 0.25) is 5.95 Å². The van der Waals surface area contributed by atoms with Gasteiger partial charge in [-0.15, -0.1) is 5.06 Å². The molecular weight excluding hydrogens is 547 g/mol. The number of aliphatic imine (C=N–C) groups is 1. The molecule has 0 spiro atoms. The maximum absolute atomic E-state index is 15.1. The highest BCUT2D eigenvalue weighted by Gasteiger charge is 2.26. The molecule has 4 aromatic rings. The van der Waals surface area contributed by atoms with Gasteiger partial charge in [0.1, 0.15) is 11.6 Å². The molecule has 0 saturated carbocycles. The minimum absolute atomic E-state index is 0.0136. The van der Waals surface area contributed by atoms with Gasteiger partial charge in [-0.05, 0) is 55.0 Å². The number of ether oxygens (including phenoxy) is 1. The molecule has 11 heteroatoms. The van der Waals surface area contributed by atoms with E-state index in [4.69, 9.17) is 36.9 Å². The molecule has 1 atom stereocenters. The molecular formula is C30H26ClFN6O3. The zero-order valence-corrected chi connectivity index (χ0v) is 22.9. The fourth-order valence-corrected chi connectivity index (χ4v) is 5.10. The first-order valence-electron chi connectivity index (χ1n) is 13.0. The summed E-state index contributed by atoms with van der Waals surface area (Å²) in [6, 6.07) is 16.9. The van der Waals surface area contributed by atoms with Crippen LogP contribution in [-0.2, 0) is 11.4 Å². The second-order valence-corrected chi connectivity index (χ2v) is 10.2. The van der Waals surface area contributed by atoms with Crippen molar-refractivity contribution < 1.29 is 18.8 Å². The molecule has 6 rings (SSSR count). The molecule has 0 aliphatic carbocycles. The minimum atomic E-state index is -0.454. The number of hydrogen-bond acceptors (Lipinski definition) is 9. The number of nitrogens with zero attached hydrogens (tertiary/aromatic N) is 4. The second kappa shape index (κ2) is 11.2. The topological polar surface area (TPSA) is 115 Å². The maximum Gasteiger partial charge on any atom is 0.357 e. The quantitative estimate of drug-likeness (QED) is 0.326. The Hall–Kier alpha value is -4.38. The molecule has 3 aromatic carbocycles. The van der Waals surface area contributed by atoms with E-state index in [1.807, 2.05) is 6.07 Å². The van der Waals surface area contributed by atoms with E-state index in [9.17, 15) is 4.79 Å². The number of hydroxylamine groups is 2. The molecule has 208 valence electrons. The summed E-state index contributed by atoms with van der Waals surface area (Å²) >= 11 is 6.38. The third-order valence-corrected chi connectivity index (χ3v) is 7.21. The van der Waals surface area contributed by atoms with E-state index in [2.05, 4.69) is 10.3 Å². The first kappa shape index (κ1) is 26.8. The molecule has 1 saturated heterocycles. The maximum atomic E-state index is 15.1. The van der Waals surface area contributed by atoms with Crippen LogP contribution in [0.1, 0.15) is 33.5 Å². The number of nitrogens with two attached hydrogens (primary N) is 1. The molecule has 1 fully saturated rings. The van der Waals surface area contributed by atoms with E-state index in [-0.39, 0.29) is 18.2 Å². The van der Waals surface area contributed by atoms with Crippen molar-refractivity contribution in [2.75, 3.05) is 25.5 Å². The summed E-state index contributed by atoms with van der Waals surface area (Å²) in [5, 5.41) is 5.26. The lowest BCUT2D eigenvalue weighted by Crippen LogP contribution is -2.29. The van der Waals surface area contributed by atoms with Crippen LogP contribution in [-0.4, -0.2) is 53.0 Å². The summed E-state index contributed by atoms with van der Waals surface area (Å²) in [6.45, 7) is 1.38. The summed E-state index contributed by atoms with van der Waals surface area (Å²) in [5.41, 5.74) is 10.4. The van der Waals surface area contributed by atoms with Gasteiger partial charge in [0, 0.05) is 46.2 Å². The standard InChI is InChI=1S/C30H26ClFN6O3/c1-40-25-4-2-3-24(32)26(25)28-23-13-19(31)7-10-22(23)27-18(14-34-28)15-35-30(37-27)36-21-8-5-17(6-9-21)29(39)41-38-12-11-20(33)16-38/h2-10,13,15,20H,11-12,14,16,33H2,1H3,(H,35,36,37). The Morgan fingerprint density at radius 2 is 1.98 bits per heavy atom. The van der Waals surface area contributed by atoms with Crippen LogP contribution in [0.5, 0.6) is 5.75 Å². The van der Waals surface area contributed by atoms with E-state index in [1.165, 1.54) is 13.2 Å². The SMILES string of the molecule is COc1cccc(F)c1C1=NCc2cnc(Nc3ccc(C(=O)ON4CCC(N)C4)cc3)nc2-c2ccc(Cl)cc21. The Balaban J connectivity index is 1.28. The van der Waals surface area contributed by atoms with Crippen molar-refractivity contribution in [3.8, 4) is 17.0 Å².